The molecule has 0 fully saturated rings. The fourth-order valence-electron chi connectivity index (χ4n) is 3.41. The highest BCUT2D eigenvalue weighted by Crippen LogP contribution is 2.43. The Hall–Kier alpha value is -2.90. The van der Waals surface area contributed by atoms with Gasteiger partial charge in [-0.25, -0.2) is 0 Å². The van der Waals surface area contributed by atoms with Gasteiger partial charge in [-0.3, -0.25) is 14.6 Å². The number of likely N-dealkylation sites (N-methyl/N-ethyl adjacent to an activating group) is 1. The van der Waals surface area contributed by atoms with Crippen LogP contribution in [0.5, 0.6) is 5.75 Å². The monoisotopic (exact) mass is 443 g/mol. The van der Waals surface area contributed by atoms with Crippen LogP contribution in [0.1, 0.15) is 25.0 Å². The predicted molar refractivity (Wildman–Crippen MR) is 119 cm³/mol. The van der Waals surface area contributed by atoms with Crippen molar-refractivity contribution in [2.75, 3.05) is 27.2 Å². The zero-order chi connectivity index (χ0) is 22.8. The molecule has 1 aliphatic rings. The maximum atomic E-state index is 13.5. The van der Waals surface area contributed by atoms with Crippen molar-refractivity contribution >= 4 is 34.6 Å². The van der Waals surface area contributed by atoms with Gasteiger partial charge in [0, 0.05) is 29.9 Å². The Morgan fingerprint density at radius 2 is 1.90 bits per heavy atom. The Morgan fingerprint density at radius 3 is 2.52 bits per heavy atom. The predicted octanol–water partition coefficient (Wildman–Crippen LogP) is 2.98. The number of carbonyl (C=O) groups is 2. The molecule has 7 nitrogen and oxygen atoms in total. The van der Waals surface area contributed by atoms with Crippen LogP contribution in [0.25, 0.3) is 11.3 Å². The van der Waals surface area contributed by atoms with Crippen LogP contribution in [0.2, 0.25) is 5.02 Å². The summed E-state index contributed by atoms with van der Waals surface area (Å²) in [5.41, 5.74) is 0.875. The van der Waals surface area contributed by atoms with E-state index in [0.717, 1.165) is 0 Å². The van der Waals surface area contributed by atoms with Gasteiger partial charge >= 0.3 is 0 Å². The number of Topliss-reactive ketones (excluding diaryl/α,β-unsaturated/α-hetero) is 1. The number of nitrogens with zero attached hydrogens (tertiary/aromatic N) is 2. The number of hydrogen-bond acceptors (Lipinski definition) is 6. The summed E-state index contributed by atoms with van der Waals surface area (Å²) < 4.78 is 6.20. The zero-order valence-corrected chi connectivity index (χ0v) is 18.7. The van der Waals surface area contributed by atoms with E-state index in [1.807, 2.05) is 27.9 Å². The maximum absolute atomic E-state index is 13.5. The third-order valence-electron chi connectivity index (χ3n) is 5.04. The fourth-order valence-corrected chi connectivity index (χ4v) is 3.52. The summed E-state index contributed by atoms with van der Waals surface area (Å²) in [5, 5.41) is 13.2. The van der Waals surface area contributed by atoms with Crippen LogP contribution in [-0.2, 0) is 14.3 Å². The zero-order valence-electron chi connectivity index (χ0n) is 18.0. The first-order chi connectivity index (χ1) is 14.6. The molecule has 164 valence electrons. The second-order valence-electron chi connectivity index (χ2n) is 8.47. The first-order valence-electron chi connectivity index (χ1n) is 9.86. The van der Waals surface area contributed by atoms with Gasteiger partial charge in [-0.2, -0.15) is 0 Å². The lowest BCUT2D eigenvalue weighted by Crippen LogP contribution is -2.46. The third kappa shape index (κ3) is 5.06. The quantitative estimate of drug-likeness (QED) is 0.683. The lowest BCUT2D eigenvalue weighted by molar-refractivity contribution is -0.127. The van der Waals surface area contributed by atoms with E-state index in [9.17, 15) is 14.7 Å². The molecule has 0 radical (unpaired) electrons. The molecule has 0 saturated carbocycles. The summed E-state index contributed by atoms with van der Waals surface area (Å²) in [7, 11) is 3.63. The molecule has 2 aromatic rings. The number of phenols is 1. The van der Waals surface area contributed by atoms with E-state index in [-0.39, 0.29) is 35.6 Å². The first-order valence-corrected chi connectivity index (χ1v) is 10.2. The summed E-state index contributed by atoms with van der Waals surface area (Å²) in [6.07, 6.45) is 2.42. The average molecular weight is 444 g/mol. The van der Waals surface area contributed by atoms with Crippen molar-refractivity contribution in [1.82, 2.24) is 15.2 Å². The second-order valence-corrected chi connectivity index (χ2v) is 8.88. The number of phenolic OH excluding ortho intramolecular Hbond substituents is 1. The van der Waals surface area contributed by atoms with E-state index in [1.165, 1.54) is 12.1 Å². The number of nitrogens with one attached hydrogen (secondary N) is 1. The van der Waals surface area contributed by atoms with Crippen LogP contribution in [0.3, 0.4) is 0 Å². The molecule has 1 amide bonds. The smallest absolute Gasteiger partial charge is 0.234 e. The fraction of sp³-hybridized carbons (Fsp3) is 0.348. The van der Waals surface area contributed by atoms with Crippen molar-refractivity contribution in [3.63, 3.8) is 0 Å². The van der Waals surface area contributed by atoms with Crippen molar-refractivity contribution in [3.8, 4) is 5.75 Å². The number of ketones is 1. The number of halogens is 1. The SMILES string of the molecule is CN(C)CC(=O)NCC(C)(C)C1OC(c2ccncc2)=C(c2ccc(Cl)c(O)c2)C1=O. The van der Waals surface area contributed by atoms with Gasteiger partial charge < -0.3 is 20.1 Å². The van der Waals surface area contributed by atoms with E-state index in [2.05, 4.69) is 10.3 Å². The highest BCUT2D eigenvalue weighted by molar-refractivity contribution is 6.33. The van der Waals surface area contributed by atoms with Gasteiger partial charge in [-0.05, 0) is 43.9 Å². The van der Waals surface area contributed by atoms with Gasteiger partial charge in [0.1, 0.15) is 11.5 Å². The van der Waals surface area contributed by atoms with Crippen molar-refractivity contribution < 1.29 is 19.4 Å². The lowest BCUT2D eigenvalue weighted by atomic mass is 9.82. The van der Waals surface area contributed by atoms with E-state index in [4.69, 9.17) is 16.3 Å². The third-order valence-corrected chi connectivity index (χ3v) is 5.36. The molecule has 2 heterocycles. The van der Waals surface area contributed by atoms with Gasteiger partial charge in [0.15, 0.2) is 6.10 Å². The number of rotatable bonds is 7. The molecule has 1 atom stereocenters. The van der Waals surface area contributed by atoms with E-state index in [1.54, 1.807) is 35.5 Å². The summed E-state index contributed by atoms with van der Waals surface area (Å²) >= 11 is 5.95. The molecule has 0 spiro atoms. The number of amides is 1. The molecule has 1 aromatic heterocycles. The molecule has 0 bridgehead atoms. The lowest BCUT2D eigenvalue weighted by Gasteiger charge is -2.30. The average Bonchev–Trinajstić information content (AvgIpc) is 3.07. The summed E-state index contributed by atoms with van der Waals surface area (Å²) in [6.45, 7) is 4.26. The Kier molecular flexibility index (Phi) is 6.67. The highest BCUT2D eigenvalue weighted by Gasteiger charge is 2.45. The standard InChI is InChI=1S/C23H26ClN3O4/c1-23(2,13-26-18(29)12-27(3)4)22-20(30)19(15-5-6-16(24)17(28)11-15)21(31-22)14-7-9-25-10-8-14/h5-11,22,28H,12-13H2,1-4H3,(H,26,29). The van der Waals surface area contributed by atoms with Crippen molar-refractivity contribution in [3.05, 3.63) is 58.9 Å². The number of pyridine rings is 1. The summed E-state index contributed by atoms with van der Waals surface area (Å²) in [5.74, 6) is -0.0619. The molecular formula is C23H26ClN3O4. The molecule has 1 unspecified atom stereocenters. The highest BCUT2D eigenvalue weighted by atomic mass is 35.5. The molecule has 2 N–H and O–H groups in total. The van der Waals surface area contributed by atoms with Crippen LogP contribution in [0.15, 0.2) is 42.7 Å². The Morgan fingerprint density at radius 1 is 1.23 bits per heavy atom. The number of hydrogen-bond donors (Lipinski definition) is 2. The van der Waals surface area contributed by atoms with Crippen LogP contribution >= 0.6 is 11.6 Å². The van der Waals surface area contributed by atoms with Crippen molar-refractivity contribution in [1.29, 1.82) is 0 Å². The van der Waals surface area contributed by atoms with E-state index < -0.39 is 11.5 Å². The number of aromatic hydroxyl groups is 1. The largest absolute Gasteiger partial charge is 0.506 e. The summed E-state index contributed by atoms with van der Waals surface area (Å²) in [6, 6.07) is 8.18. The van der Waals surface area contributed by atoms with Crippen molar-refractivity contribution in [2.24, 2.45) is 5.41 Å². The van der Waals surface area contributed by atoms with Crippen LogP contribution in [0.4, 0.5) is 0 Å². The molecule has 8 heteroatoms. The molecule has 0 aliphatic carbocycles. The molecule has 3 rings (SSSR count). The van der Waals surface area contributed by atoms with Crippen LogP contribution in [-0.4, -0.2) is 60.0 Å². The van der Waals surface area contributed by atoms with Gasteiger partial charge in [-0.1, -0.05) is 31.5 Å². The van der Waals surface area contributed by atoms with E-state index in [0.29, 0.717) is 22.5 Å². The molecular weight excluding hydrogens is 418 g/mol. The Bertz CT molecular complexity index is 1020. The van der Waals surface area contributed by atoms with Gasteiger partial charge in [0.25, 0.3) is 0 Å². The number of benzene rings is 1. The maximum Gasteiger partial charge on any atom is 0.234 e. The van der Waals surface area contributed by atoms with Crippen LogP contribution in [0, 0.1) is 5.41 Å². The first kappa shape index (κ1) is 22.8. The van der Waals surface area contributed by atoms with Gasteiger partial charge in [-0.15, -0.1) is 0 Å². The molecule has 1 aromatic carbocycles. The minimum atomic E-state index is -0.817. The molecule has 0 saturated heterocycles. The van der Waals surface area contributed by atoms with E-state index >= 15 is 0 Å². The van der Waals surface area contributed by atoms with Gasteiger partial charge in [0.2, 0.25) is 11.7 Å². The normalized spacial score (nSPS) is 16.6. The van der Waals surface area contributed by atoms with Gasteiger partial charge in [0.05, 0.1) is 17.1 Å². The Labute approximate surface area is 186 Å². The number of aromatic nitrogens is 1. The minimum absolute atomic E-state index is 0.118. The minimum Gasteiger partial charge on any atom is -0.506 e. The Balaban J connectivity index is 1.94. The molecule has 1 aliphatic heterocycles. The van der Waals surface area contributed by atoms with Crippen molar-refractivity contribution in [2.45, 2.75) is 20.0 Å². The number of ether oxygens (including phenoxy) is 1. The van der Waals surface area contributed by atoms with Crippen LogP contribution < -0.4 is 5.32 Å². The second kappa shape index (κ2) is 9.08. The topological polar surface area (TPSA) is 91.8 Å². The number of carbonyl (C=O) groups excluding carboxylic acids is 2. The summed E-state index contributed by atoms with van der Waals surface area (Å²) in [4.78, 5) is 31.4. The molecule has 31 heavy (non-hydrogen) atoms.